The summed E-state index contributed by atoms with van der Waals surface area (Å²) in [7, 11) is 0. The van der Waals surface area contributed by atoms with Crippen molar-refractivity contribution in [2.75, 3.05) is 13.2 Å². The monoisotopic (exact) mass is 383 g/mol. The van der Waals surface area contributed by atoms with E-state index in [0.717, 1.165) is 6.42 Å². The van der Waals surface area contributed by atoms with Gasteiger partial charge in [0.2, 0.25) is 0 Å². The van der Waals surface area contributed by atoms with Gasteiger partial charge in [0.1, 0.15) is 5.75 Å². The maximum absolute atomic E-state index is 12.5. The first-order chi connectivity index (χ1) is 12.4. The number of nitrogens with zero attached hydrogens (tertiary/aromatic N) is 3. The molecule has 2 heterocycles. The third-order valence-electron chi connectivity index (χ3n) is 3.89. The summed E-state index contributed by atoms with van der Waals surface area (Å²) in [6.07, 6.45) is 1.90. The zero-order valence-corrected chi connectivity index (χ0v) is 14.7. The predicted molar refractivity (Wildman–Crippen MR) is 90.2 cm³/mol. The number of rotatable bonds is 5. The van der Waals surface area contributed by atoms with Gasteiger partial charge in [-0.25, -0.2) is 9.78 Å². The number of hydrogen-bond acceptors (Lipinski definition) is 5. The van der Waals surface area contributed by atoms with Gasteiger partial charge in [-0.05, 0) is 25.5 Å². The molecular formula is C17H16ClF2N3O3. The third kappa shape index (κ3) is 4.19. The molecule has 1 aliphatic heterocycles. The lowest BCUT2D eigenvalue weighted by atomic mass is 10.1. The number of hydrogen-bond donors (Lipinski definition) is 0. The average molecular weight is 384 g/mol. The summed E-state index contributed by atoms with van der Waals surface area (Å²) in [5, 5.41) is 0.0745. The maximum atomic E-state index is 12.5. The molecule has 1 aromatic carbocycles. The van der Waals surface area contributed by atoms with E-state index in [1.807, 2.05) is 0 Å². The van der Waals surface area contributed by atoms with E-state index in [2.05, 4.69) is 14.7 Å². The number of carbonyl (C=O) groups is 1. The van der Waals surface area contributed by atoms with Crippen molar-refractivity contribution in [2.24, 2.45) is 0 Å². The van der Waals surface area contributed by atoms with E-state index in [-0.39, 0.29) is 23.4 Å². The van der Waals surface area contributed by atoms with E-state index < -0.39 is 6.61 Å². The molecule has 1 amide bonds. The van der Waals surface area contributed by atoms with Gasteiger partial charge in [0.15, 0.2) is 0 Å². The van der Waals surface area contributed by atoms with Gasteiger partial charge in [-0.15, -0.1) is 0 Å². The summed E-state index contributed by atoms with van der Waals surface area (Å²) >= 11 is 5.88. The Morgan fingerprint density at radius 1 is 1.42 bits per heavy atom. The van der Waals surface area contributed by atoms with Crippen LogP contribution in [0.5, 0.6) is 5.75 Å². The first-order valence-electron chi connectivity index (χ1n) is 7.93. The Labute approximate surface area is 153 Å². The molecule has 0 radical (unpaired) electrons. The molecule has 1 aromatic heterocycles. The zero-order valence-electron chi connectivity index (χ0n) is 13.9. The molecular weight excluding hydrogens is 368 g/mol. The van der Waals surface area contributed by atoms with Crippen molar-refractivity contribution in [3.8, 4) is 17.0 Å². The number of carbonyl (C=O) groups excluding carboxylic acids is 1. The standard InChI is InChI=1S/C17H16ClF2N3O3/c1-10-14(9-23-5-2-6-25-17(23)24)22-13(8-21-10)11-3-4-12(18)15(7-11)26-16(19)20/h3-4,7-8,16H,2,5-6,9H2,1H3. The van der Waals surface area contributed by atoms with E-state index >= 15 is 0 Å². The molecule has 1 saturated heterocycles. The summed E-state index contributed by atoms with van der Waals surface area (Å²) in [5.74, 6) is -0.136. The van der Waals surface area contributed by atoms with Crippen LogP contribution in [0, 0.1) is 6.92 Å². The fourth-order valence-electron chi connectivity index (χ4n) is 2.55. The molecule has 0 bridgehead atoms. The SMILES string of the molecule is Cc1ncc(-c2ccc(Cl)c(OC(F)F)c2)nc1CN1CCCOC1=O. The van der Waals surface area contributed by atoms with E-state index in [9.17, 15) is 13.6 Å². The van der Waals surface area contributed by atoms with Gasteiger partial charge in [-0.2, -0.15) is 8.78 Å². The molecule has 0 saturated carbocycles. The lowest BCUT2D eigenvalue weighted by Crippen LogP contribution is -2.37. The van der Waals surface area contributed by atoms with E-state index in [1.54, 1.807) is 17.9 Å². The normalized spacial score (nSPS) is 14.5. The van der Waals surface area contributed by atoms with Crippen LogP contribution in [-0.4, -0.2) is 40.7 Å². The number of cyclic esters (lactones) is 1. The molecule has 0 aliphatic carbocycles. The first-order valence-corrected chi connectivity index (χ1v) is 8.31. The largest absolute Gasteiger partial charge is 0.449 e. The van der Waals surface area contributed by atoms with Crippen LogP contribution < -0.4 is 4.74 Å². The van der Waals surface area contributed by atoms with Crippen LogP contribution in [0.1, 0.15) is 17.8 Å². The van der Waals surface area contributed by atoms with Crippen molar-refractivity contribution >= 4 is 17.7 Å². The summed E-state index contributed by atoms with van der Waals surface area (Å²) in [4.78, 5) is 22.2. The van der Waals surface area contributed by atoms with Crippen LogP contribution in [0.25, 0.3) is 11.3 Å². The van der Waals surface area contributed by atoms with E-state index in [4.69, 9.17) is 16.3 Å². The van der Waals surface area contributed by atoms with Crippen LogP contribution in [0.3, 0.4) is 0 Å². The van der Waals surface area contributed by atoms with Crippen molar-refractivity contribution < 1.29 is 23.0 Å². The minimum absolute atomic E-state index is 0.0745. The van der Waals surface area contributed by atoms with Gasteiger partial charge in [0.05, 0.1) is 41.5 Å². The molecule has 9 heteroatoms. The highest BCUT2D eigenvalue weighted by Gasteiger charge is 2.21. The molecule has 6 nitrogen and oxygen atoms in total. The van der Waals surface area contributed by atoms with Gasteiger partial charge in [0, 0.05) is 12.1 Å². The molecule has 2 aromatic rings. The van der Waals surface area contributed by atoms with Crippen LogP contribution >= 0.6 is 11.6 Å². The molecule has 0 spiro atoms. The highest BCUT2D eigenvalue weighted by molar-refractivity contribution is 6.32. The Morgan fingerprint density at radius 3 is 2.96 bits per heavy atom. The number of aromatic nitrogens is 2. The minimum Gasteiger partial charge on any atom is -0.449 e. The number of ether oxygens (including phenoxy) is 2. The zero-order chi connectivity index (χ0) is 18.7. The Bertz CT molecular complexity index is 820. The molecule has 138 valence electrons. The highest BCUT2D eigenvalue weighted by atomic mass is 35.5. The Kier molecular flexibility index (Phi) is 5.51. The van der Waals surface area contributed by atoms with Crippen LogP contribution in [-0.2, 0) is 11.3 Å². The van der Waals surface area contributed by atoms with Crippen molar-refractivity contribution in [2.45, 2.75) is 26.5 Å². The molecule has 1 aliphatic rings. The number of halogens is 3. The Morgan fingerprint density at radius 2 is 2.23 bits per heavy atom. The number of amides is 1. The predicted octanol–water partition coefficient (Wildman–Crippen LogP) is 4.05. The molecule has 3 rings (SSSR count). The summed E-state index contributed by atoms with van der Waals surface area (Å²) in [6, 6.07) is 4.48. The third-order valence-corrected chi connectivity index (χ3v) is 4.21. The molecule has 1 fully saturated rings. The maximum Gasteiger partial charge on any atom is 0.410 e. The lowest BCUT2D eigenvalue weighted by molar-refractivity contribution is -0.0497. The van der Waals surface area contributed by atoms with Gasteiger partial charge >= 0.3 is 12.7 Å². The Hall–Kier alpha value is -2.48. The van der Waals surface area contributed by atoms with E-state index in [0.29, 0.717) is 35.8 Å². The van der Waals surface area contributed by atoms with Gasteiger partial charge in [-0.3, -0.25) is 4.98 Å². The smallest absolute Gasteiger partial charge is 0.410 e. The lowest BCUT2D eigenvalue weighted by Gasteiger charge is -2.26. The van der Waals surface area contributed by atoms with E-state index in [1.165, 1.54) is 18.3 Å². The molecule has 0 unspecified atom stereocenters. The second-order valence-corrected chi connectivity index (χ2v) is 6.11. The average Bonchev–Trinajstić information content (AvgIpc) is 2.60. The fraction of sp³-hybridized carbons (Fsp3) is 0.353. The van der Waals surface area contributed by atoms with Crippen molar-refractivity contribution in [1.82, 2.24) is 14.9 Å². The van der Waals surface area contributed by atoms with Gasteiger partial charge in [-0.1, -0.05) is 17.7 Å². The van der Waals surface area contributed by atoms with Crippen LogP contribution in [0.15, 0.2) is 24.4 Å². The van der Waals surface area contributed by atoms with Crippen molar-refractivity contribution in [3.63, 3.8) is 0 Å². The number of aryl methyl sites for hydroxylation is 1. The quantitative estimate of drug-likeness (QED) is 0.779. The highest BCUT2D eigenvalue weighted by Crippen LogP contribution is 2.31. The first kappa shape index (κ1) is 18.3. The Balaban J connectivity index is 1.88. The van der Waals surface area contributed by atoms with Crippen molar-refractivity contribution in [1.29, 1.82) is 0 Å². The van der Waals surface area contributed by atoms with Crippen LogP contribution in [0.4, 0.5) is 13.6 Å². The van der Waals surface area contributed by atoms with Gasteiger partial charge < -0.3 is 14.4 Å². The topological polar surface area (TPSA) is 64.6 Å². The summed E-state index contributed by atoms with van der Waals surface area (Å²) in [6.45, 7) is 0.0658. The second-order valence-electron chi connectivity index (χ2n) is 5.70. The number of benzene rings is 1. The van der Waals surface area contributed by atoms with Crippen LogP contribution in [0.2, 0.25) is 5.02 Å². The van der Waals surface area contributed by atoms with Crippen molar-refractivity contribution in [3.05, 3.63) is 40.8 Å². The second kappa shape index (κ2) is 7.82. The molecule has 26 heavy (non-hydrogen) atoms. The molecule has 0 atom stereocenters. The minimum atomic E-state index is -2.98. The van der Waals surface area contributed by atoms with Gasteiger partial charge in [0.25, 0.3) is 0 Å². The summed E-state index contributed by atoms with van der Waals surface area (Å²) < 4.78 is 34.4. The summed E-state index contributed by atoms with van der Waals surface area (Å²) in [5.41, 5.74) is 2.27. The molecule has 0 N–H and O–H groups in total. The number of alkyl halides is 2. The fourth-order valence-corrected chi connectivity index (χ4v) is 2.71.